The number of morpholine rings is 1. The third-order valence-electron chi connectivity index (χ3n) is 6.18. The van der Waals surface area contributed by atoms with Crippen molar-refractivity contribution in [2.24, 2.45) is 0 Å². The highest BCUT2D eigenvalue weighted by Crippen LogP contribution is 2.47. The molecule has 0 aliphatic carbocycles. The quantitative estimate of drug-likeness (QED) is 0.519. The molecule has 0 radical (unpaired) electrons. The first-order chi connectivity index (χ1) is 14.9. The Balaban J connectivity index is 1.60. The maximum Gasteiger partial charge on any atom is 0.193 e. The van der Waals surface area contributed by atoms with Gasteiger partial charge in [-0.2, -0.15) is 0 Å². The monoisotopic (exact) mass is 417 g/mol. The molecule has 0 N–H and O–H groups in total. The Morgan fingerprint density at radius 1 is 1.26 bits per heavy atom. The number of carbonyl (C=O) groups is 1. The van der Waals surface area contributed by atoms with Crippen LogP contribution in [0.2, 0.25) is 0 Å². The number of allylic oxidation sites excluding steroid dienone is 1. The predicted molar refractivity (Wildman–Crippen MR) is 122 cm³/mol. The van der Waals surface area contributed by atoms with Crippen molar-refractivity contribution in [1.29, 1.82) is 0 Å². The fourth-order valence-electron chi connectivity index (χ4n) is 4.63. The van der Waals surface area contributed by atoms with Crippen molar-refractivity contribution < 1.29 is 19.0 Å². The van der Waals surface area contributed by atoms with Gasteiger partial charge in [-0.25, -0.2) is 0 Å². The minimum absolute atomic E-state index is 0.138. The largest absolute Gasteiger partial charge is 0.496 e. The molecule has 3 aliphatic rings. The van der Waals surface area contributed by atoms with Crippen LogP contribution >= 0.6 is 0 Å². The summed E-state index contributed by atoms with van der Waals surface area (Å²) in [6, 6.07) is 12.1. The van der Waals surface area contributed by atoms with Gasteiger partial charge in [0.1, 0.15) is 22.7 Å². The van der Waals surface area contributed by atoms with Gasteiger partial charge in [-0.15, -0.1) is 0 Å². The summed E-state index contributed by atoms with van der Waals surface area (Å²) in [5, 5.41) is 0. The lowest BCUT2D eigenvalue weighted by molar-refractivity contribution is 0.0987. The van der Waals surface area contributed by atoms with Crippen LogP contribution in [0.1, 0.15) is 41.8 Å². The zero-order valence-corrected chi connectivity index (χ0v) is 18.1. The standard InChI is InChI=1S/C26H27NO4/c1-26(2)12-11-20-21(27-15-19-13-18(27)16-30-19)14-23(29-3)24(25(20)31-26)22(28)10-9-17-7-5-4-6-8-17/h4-12,14,18-19H,13,15-16H2,1-3H3/b10-9+/t18-,19-/m0/s1. The number of rotatable bonds is 5. The minimum Gasteiger partial charge on any atom is -0.496 e. The molecule has 2 atom stereocenters. The first-order valence-corrected chi connectivity index (χ1v) is 10.7. The number of carbonyl (C=O) groups excluding carboxylic acids is 1. The third-order valence-corrected chi connectivity index (χ3v) is 6.18. The first-order valence-electron chi connectivity index (χ1n) is 10.7. The second kappa shape index (κ2) is 7.57. The lowest BCUT2D eigenvalue weighted by atomic mass is 9.94. The maximum atomic E-state index is 13.3. The molecular weight excluding hydrogens is 390 g/mol. The van der Waals surface area contributed by atoms with Gasteiger partial charge in [-0.05, 0) is 44.1 Å². The van der Waals surface area contributed by atoms with Gasteiger partial charge in [-0.3, -0.25) is 4.79 Å². The molecule has 31 heavy (non-hydrogen) atoms. The summed E-state index contributed by atoms with van der Waals surface area (Å²) in [6.07, 6.45) is 8.85. The van der Waals surface area contributed by atoms with E-state index in [2.05, 4.69) is 11.0 Å². The van der Waals surface area contributed by atoms with E-state index < -0.39 is 5.60 Å². The van der Waals surface area contributed by atoms with Crippen LogP contribution in [0.25, 0.3) is 12.2 Å². The molecule has 2 fully saturated rings. The highest BCUT2D eigenvalue weighted by atomic mass is 16.5. The van der Waals surface area contributed by atoms with Crippen molar-refractivity contribution in [3.63, 3.8) is 0 Å². The van der Waals surface area contributed by atoms with Crippen molar-refractivity contribution in [2.75, 3.05) is 25.2 Å². The van der Waals surface area contributed by atoms with Crippen LogP contribution in [0.4, 0.5) is 5.69 Å². The number of methoxy groups -OCH3 is 1. The fraction of sp³-hybridized carbons (Fsp3) is 0.346. The predicted octanol–water partition coefficient (Wildman–Crippen LogP) is 4.75. The average molecular weight is 418 g/mol. The van der Waals surface area contributed by atoms with Gasteiger partial charge in [0.15, 0.2) is 5.78 Å². The SMILES string of the molecule is COc1cc(N2C[C@@H]3C[C@H]2CO3)c2c(c1C(=O)/C=C/c1ccccc1)OC(C)(C)C=C2. The Labute approximate surface area is 182 Å². The fourth-order valence-corrected chi connectivity index (χ4v) is 4.63. The highest BCUT2D eigenvalue weighted by molar-refractivity contribution is 6.12. The highest BCUT2D eigenvalue weighted by Gasteiger charge is 2.41. The Kier molecular flexibility index (Phi) is 4.86. The molecule has 3 heterocycles. The molecule has 0 spiro atoms. The van der Waals surface area contributed by atoms with Gasteiger partial charge >= 0.3 is 0 Å². The molecule has 0 unspecified atom stereocenters. The number of fused-ring (bicyclic) bond motifs is 3. The van der Waals surface area contributed by atoms with Gasteiger partial charge in [0, 0.05) is 18.2 Å². The Morgan fingerprint density at radius 2 is 2.06 bits per heavy atom. The van der Waals surface area contributed by atoms with E-state index in [4.69, 9.17) is 14.2 Å². The van der Waals surface area contributed by atoms with Gasteiger partial charge < -0.3 is 19.1 Å². The summed E-state index contributed by atoms with van der Waals surface area (Å²) in [7, 11) is 1.60. The number of nitrogens with zero attached hydrogens (tertiary/aromatic N) is 1. The number of hydrogen-bond acceptors (Lipinski definition) is 5. The van der Waals surface area contributed by atoms with Crippen molar-refractivity contribution in [3.05, 3.63) is 65.2 Å². The van der Waals surface area contributed by atoms with Crippen LogP contribution in [-0.2, 0) is 4.74 Å². The van der Waals surface area contributed by atoms with E-state index in [-0.39, 0.29) is 11.9 Å². The Hall–Kier alpha value is -3.05. The van der Waals surface area contributed by atoms with Crippen molar-refractivity contribution in [3.8, 4) is 11.5 Å². The first kappa shape index (κ1) is 19.9. The van der Waals surface area contributed by atoms with Crippen LogP contribution in [0.3, 0.4) is 0 Å². The lowest BCUT2D eigenvalue weighted by Gasteiger charge is -2.35. The minimum atomic E-state index is -0.512. The van der Waals surface area contributed by atoms with Crippen LogP contribution in [-0.4, -0.2) is 43.8 Å². The molecule has 0 saturated carbocycles. The molecule has 0 amide bonds. The Morgan fingerprint density at radius 3 is 2.74 bits per heavy atom. The molecule has 2 saturated heterocycles. The molecule has 5 heteroatoms. The van der Waals surface area contributed by atoms with E-state index in [1.807, 2.05) is 62.4 Å². The normalized spacial score (nSPS) is 23.1. The molecule has 5 nitrogen and oxygen atoms in total. The van der Waals surface area contributed by atoms with Crippen LogP contribution < -0.4 is 14.4 Å². The molecule has 160 valence electrons. The van der Waals surface area contributed by atoms with Gasteiger partial charge in [-0.1, -0.05) is 36.4 Å². The van der Waals surface area contributed by atoms with Crippen LogP contribution in [0.5, 0.6) is 11.5 Å². The molecule has 5 rings (SSSR count). The lowest BCUT2D eigenvalue weighted by Crippen LogP contribution is -2.38. The number of ether oxygens (including phenoxy) is 3. The second-order valence-corrected chi connectivity index (χ2v) is 8.86. The number of hydrogen-bond donors (Lipinski definition) is 0. The third kappa shape index (κ3) is 3.63. The van der Waals surface area contributed by atoms with E-state index in [0.29, 0.717) is 23.1 Å². The van der Waals surface area contributed by atoms with Crippen molar-refractivity contribution >= 4 is 23.6 Å². The summed E-state index contributed by atoms with van der Waals surface area (Å²) in [4.78, 5) is 15.7. The van der Waals surface area contributed by atoms with E-state index in [1.165, 1.54) is 0 Å². The number of benzene rings is 2. The zero-order chi connectivity index (χ0) is 21.6. The van der Waals surface area contributed by atoms with Gasteiger partial charge in [0.25, 0.3) is 0 Å². The Bertz CT molecular complexity index is 1070. The van der Waals surface area contributed by atoms with Gasteiger partial charge in [0.05, 0.1) is 31.5 Å². The van der Waals surface area contributed by atoms with E-state index >= 15 is 0 Å². The number of ketones is 1. The van der Waals surface area contributed by atoms with Crippen LogP contribution in [0.15, 0.2) is 48.6 Å². The zero-order valence-electron chi connectivity index (χ0n) is 18.1. The van der Waals surface area contributed by atoms with E-state index in [1.54, 1.807) is 13.2 Å². The molecular formula is C26H27NO4. The maximum absolute atomic E-state index is 13.3. The van der Waals surface area contributed by atoms with E-state index in [0.717, 1.165) is 36.4 Å². The molecule has 2 bridgehead atoms. The number of anilines is 1. The summed E-state index contributed by atoms with van der Waals surface area (Å²) < 4.78 is 17.9. The summed E-state index contributed by atoms with van der Waals surface area (Å²) in [5.74, 6) is 0.986. The van der Waals surface area contributed by atoms with Crippen molar-refractivity contribution in [1.82, 2.24) is 0 Å². The average Bonchev–Trinajstić information content (AvgIpc) is 3.40. The summed E-state index contributed by atoms with van der Waals surface area (Å²) in [5.41, 5.74) is 2.89. The summed E-state index contributed by atoms with van der Waals surface area (Å²) in [6.45, 7) is 5.56. The molecule has 2 aromatic carbocycles. The topological polar surface area (TPSA) is 48.0 Å². The van der Waals surface area contributed by atoms with Crippen molar-refractivity contribution in [2.45, 2.75) is 38.0 Å². The smallest absolute Gasteiger partial charge is 0.193 e. The van der Waals surface area contributed by atoms with Crippen LogP contribution in [0, 0.1) is 0 Å². The molecule has 0 aromatic heterocycles. The van der Waals surface area contributed by atoms with E-state index in [9.17, 15) is 4.79 Å². The molecule has 2 aromatic rings. The van der Waals surface area contributed by atoms with Gasteiger partial charge in [0.2, 0.25) is 0 Å². The molecule has 3 aliphatic heterocycles. The summed E-state index contributed by atoms with van der Waals surface area (Å²) >= 11 is 0. The second-order valence-electron chi connectivity index (χ2n) is 8.86.